The Labute approximate surface area is 198 Å². The molecule has 1 heterocycles. The third-order valence-corrected chi connectivity index (χ3v) is 6.26. The zero-order chi connectivity index (χ0) is 23.6. The molecule has 0 bridgehead atoms. The summed E-state index contributed by atoms with van der Waals surface area (Å²) in [5.41, 5.74) is 2.25. The van der Waals surface area contributed by atoms with Gasteiger partial charge in [0.25, 0.3) is 0 Å². The molecule has 0 spiro atoms. The van der Waals surface area contributed by atoms with Gasteiger partial charge in [-0.3, -0.25) is 14.5 Å². The smallest absolute Gasteiger partial charge is 0.338 e. The van der Waals surface area contributed by atoms with Crippen LogP contribution in [0.2, 0.25) is 0 Å². The molecule has 7 nitrogen and oxygen atoms in total. The predicted octanol–water partition coefficient (Wildman–Crippen LogP) is 3.95. The standard InChI is InChI=1S/C25H29N3O4S/c1-3-26-23(30)21-17-22(29)28(16-8-11-18-9-6-5-7-10-18)25(33-21)27-20-14-12-19(13-15-20)24(31)32-4-2/h5-7,9-10,12-15,21H,3-4,8,11,16-17H2,1-2H3,(H,26,30). The van der Waals surface area contributed by atoms with E-state index in [-0.39, 0.29) is 18.2 Å². The van der Waals surface area contributed by atoms with Crippen LogP contribution in [0.15, 0.2) is 59.6 Å². The third kappa shape index (κ3) is 6.92. The van der Waals surface area contributed by atoms with Crippen molar-refractivity contribution >= 4 is 40.4 Å². The molecule has 1 aliphatic rings. The van der Waals surface area contributed by atoms with Gasteiger partial charge in [-0.25, -0.2) is 9.79 Å². The molecule has 1 atom stereocenters. The van der Waals surface area contributed by atoms with Gasteiger partial charge < -0.3 is 10.1 Å². The van der Waals surface area contributed by atoms with Crippen molar-refractivity contribution in [1.29, 1.82) is 0 Å². The van der Waals surface area contributed by atoms with Crippen LogP contribution in [0, 0.1) is 0 Å². The molecule has 8 heteroatoms. The quantitative estimate of drug-likeness (QED) is 0.564. The maximum Gasteiger partial charge on any atom is 0.338 e. The Morgan fingerprint density at radius 1 is 1.12 bits per heavy atom. The van der Waals surface area contributed by atoms with Gasteiger partial charge in [-0.15, -0.1) is 0 Å². The average molecular weight is 468 g/mol. The summed E-state index contributed by atoms with van der Waals surface area (Å²) in [6.45, 7) is 4.94. The van der Waals surface area contributed by atoms with Gasteiger partial charge in [0.05, 0.1) is 23.1 Å². The minimum atomic E-state index is -0.514. The van der Waals surface area contributed by atoms with Crippen LogP contribution in [-0.2, 0) is 20.7 Å². The maximum atomic E-state index is 13.0. The van der Waals surface area contributed by atoms with E-state index in [2.05, 4.69) is 22.4 Å². The fourth-order valence-corrected chi connectivity index (χ4v) is 4.58. The molecule has 3 rings (SSSR count). The van der Waals surface area contributed by atoms with E-state index < -0.39 is 11.2 Å². The molecule has 1 unspecified atom stereocenters. The zero-order valence-corrected chi connectivity index (χ0v) is 19.8. The minimum Gasteiger partial charge on any atom is -0.462 e. The number of ether oxygens (including phenoxy) is 1. The van der Waals surface area contributed by atoms with E-state index in [4.69, 9.17) is 4.74 Å². The molecule has 0 aliphatic carbocycles. The Bertz CT molecular complexity index is 992. The van der Waals surface area contributed by atoms with Crippen LogP contribution >= 0.6 is 11.8 Å². The van der Waals surface area contributed by atoms with Crippen LogP contribution in [0.1, 0.15) is 42.6 Å². The number of carbonyl (C=O) groups is 3. The number of nitrogens with one attached hydrogen (secondary N) is 1. The average Bonchev–Trinajstić information content (AvgIpc) is 2.82. The number of aryl methyl sites for hydroxylation is 1. The third-order valence-electron chi connectivity index (χ3n) is 5.08. The minimum absolute atomic E-state index is 0.111. The van der Waals surface area contributed by atoms with Gasteiger partial charge in [-0.2, -0.15) is 0 Å². The largest absolute Gasteiger partial charge is 0.462 e. The van der Waals surface area contributed by atoms with Crippen LogP contribution in [-0.4, -0.2) is 52.8 Å². The van der Waals surface area contributed by atoms with E-state index in [1.807, 2.05) is 25.1 Å². The Morgan fingerprint density at radius 3 is 2.52 bits per heavy atom. The second-order valence-corrected chi connectivity index (χ2v) is 8.67. The van der Waals surface area contributed by atoms with Crippen molar-refractivity contribution in [3.63, 3.8) is 0 Å². The first-order chi connectivity index (χ1) is 16.0. The number of esters is 1. The topological polar surface area (TPSA) is 88.1 Å². The van der Waals surface area contributed by atoms with E-state index in [0.29, 0.717) is 36.1 Å². The van der Waals surface area contributed by atoms with Crippen LogP contribution in [0.5, 0.6) is 0 Å². The van der Waals surface area contributed by atoms with Crippen molar-refractivity contribution in [2.45, 2.75) is 38.4 Å². The molecule has 0 saturated carbocycles. The van der Waals surface area contributed by atoms with Crippen molar-refractivity contribution in [2.24, 2.45) is 4.99 Å². The summed E-state index contributed by atoms with van der Waals surface area (Å²) < 4.78 is 5.02. The Morgan fingerprint density at radius 2 is 1.85 bits per heavy atom. The van der Waals surface area contributed by atoms with Crippen molar-refractivity contribution in [3.8, 4) is 0 Å². The van der Waals surface area contributed by atoms with E-state index in [0.717, 1.165) is 12.8 Å². The molecule has 174 valence electrons. The molecule has 33 heavy (non-hydrogen) atoms. The lowest BCUT2D eigenvalue weighted by atomic mass is 10.1. The summed E-state index contributed by atoms with van der Waals surface area (Å²) >= 11 is 1.30. The van der Waals surface area contributed by atoms with Crippen molar-refractivity contribution < 1.29 is 19.1 Å². The van der Waals surface area contributed by atoms with Crippen LogP contribution < -0.4 is 5.32 Å². The summed E-state index contributed by atoms with van der Waals surface area (Å²) in [6.07, 6.45) is 1.77. The molecule has 1 N–H and O–H groups in total. The Balaban J connectivity index is 1.78. The van der Waals surface area contributed by atoms with E-state index >= 15 is 0 Å². The molecular weight excluding hydrogens is 438 g/mol. The first-order valence-electron chi connectivity index (χ1n) is 11.2. The lowest BCUT2D eigenvalue weighted by Crippen LogP contribution is -2.47. The molecule has 1 fully saturated rings. The van der Waals surface area contributed by atoms with Crippen molar-refractivity contribution in [2.75, 3.05) is 19.7 Å². The number of benzene rings is 2. The normalized spacial score (nSPS) is 17.2. The van der Waals surface area contributed by atoms with Gasteiger partial charge in [0.15, 0.2) is 5.17 Å². The molecule has 2 aromatic rings. The fourth-order valence-electron chi connectivity index (χ4n) is 3.43. The zero-order valence-electron chi connectivity index (χ0n) is 19.0. The second-order valence-electron chi connectivity index (χ2n) is 7.50. The van der Waals surface area contributed by atoms with Crippen molar-refractivity contribution in [3.05, 3.63) is 65.7 Å². The highest BCUT2D eigenvalue weighted by Gasteiger charge is 2.35. The molecule has 2 aromatic carbocycles. The summed E-state index contributed by atoms with van der Waals surface area (Å²) in [6, 6.07) is 16.8. The van der Waals surface area contributed by atoms with E-state index in [1.54, 1.807) is 36.1 Å². The highest BCUT2D eigenvalue weighted by molar-refractivity contribution is 8.15. The number of aliphatic imine (C=N–C) groups is 1. The van der Waals surface area contributed by atoms with Gasteiger partial charge in [0, 0.05) is 19.5 Å². The summed E-state index contributed by atoms with van der Waals surface area (Å²) in [5, 5.41) is 2.78. The number of amides is 2. The number of nitrogens with zero attached hydrogens (tertiary/aromatic N) is 2. The molecule has 2 amide bonds. The van der Waals surface area contributed by atoms with Crippen molar-refractivity contribution in [1.82, 2.24) is 10.2 Å². The van der Waals surface area contributed by atoms with Crippen LogP contribution in [0.25, 0.3) is 0 Å². The lowest BCUT2D eigenvalue weighted by molar-refractivity contribution is -0.130. The number of rotatable bonds is 9. The predicted molar refractivity (Wildman–Crippen MR) is 131 cm³/mol. The van der Waals surface area contributed by atoms with Gasteiger partial charge in [0.2, 0.25) is 11.8 Å². The molecule has 0 radical (unpaired) electrons. The Kier molecular flexibility index (Phi) is 9.06. The number of thioether (sulfide) groups is 1. The molecule has 1 saturated heterocycles. The number of hydrogen-bond donors (Lipinski definition) is 1. The fraction of sp³-hybridized carbons (Fsp3) is 0.360. The summed E-state index contributed by atoms with van der Waals surface area (Å²) in [5.74, 6) is -0.664. The molecule has 1 aliphatic heterocycles. The monoisotopic (exact) mass is 467 g/mol. The number of hydrogen-bond acceptors (Lipinski definition) is 6. The van der Waals surface area contributed by atoms with Gasteiger partial charge in [-0.1, -0.05) is 42.1 Å². The van der Waals surface area contributed by atoms with E-state index in [1.165, 1.54) is 17.3 Å². The highest BCUT2D eigenvalue weighted by atomic mass is 32.2. The van der Waals surface area contributed by atoms with Crippen LogP contribution in [0.4, 0.5) is 5.69 Å². The first kappa shape index (κ1) is 24.5. The molecular formula is C25H29N3O4S. The molecule has 0 aromatic heterocycles. The maximum absolute atomic E-state index is 13.0. The summed E-state index contributed by atoms with van der Waals surface area (Å²) in [7, 11) is 0. The van der Waals surface area contributed by atoms with E-state index in [9.17, 15) is 14.4 Å². The van der Waals surface area contributed by atoms with Gasteiger partial charge in [0.1, 0.15) is 0 Å². The first-order valence-corrected chi connectivity index (χ1v) is 12.0. The highest BCUT2D eigenvalue weighted by Crippen LogP contribution is 2.29. The van der Waals surface area contributed by atoms with Crippen LogP contribution in [0.3, 0.4) is 0 Å². The number of amidine groups is 1. The Hall–Kier alpha value is -3.13. The lowest BCUT2D eigenvalue weighted by Gasteiger charge is -2.31. The van der Waals surface area contributed by atoms with Gasteiger partial charge >= 0.3 is 5.97 Å². The SMILES string of the molecule is CCNC(=O)C1CC(=O)N(CCCc2ccccc2)C(=Nc2ccc(C(=O)OCC)cc2)S1. The van der Waals surface area contributed by atoms with Gasteiger partial charge in [-0.05, 0) is 56.5 Å². The number of carbonyl (C=O) groups excluding carboxylic acids is 3. The summed E-state index contributed by atoms with van der Waals surface area (Å²) in [4.78, 5) is 43.6. The second kappa shape index (κ2) is 12.2.